The number of aryl methyl sites for hydroxylation is 1. The number of rotatable bonds is 4. The fourth-order valence-electron chi connectivity index (χ4n) is 2.56. The Bertz CT molecular complexity index is 337. The summed E-state index contributed by atoms with van der Waals surface area (Å²) >= 11 is 0. The fraction of sp³-hybridized carbons (Fsp3) is 0.750. The first kappa shape index (κ1) is 11.6. The summed E-state index contributed by atoms with van der Waals surface area (Å²) in [5.74, 6) is 0.430. The van der Waals surface area contributed by atoms with Crippen molar-refractivity contribution < 1.29 is 5.11 Å². The van der Waals surface area contributed by atoms with Crippen molar-refractivity contribution in [3.63, 3.8) is 0 Å². The summed E-state index contributed by atoms with van der Waals surface area (Å²) in [5, 5.41) is 17.0. The van der Waals surface area contributed by atoms with Gasteiger partial charge < -0.3 is 10.4 Å². The molecular formula is C12H21N3O. The lowest BCUT2D eigenvalue weighted by Crippen LogP contribution is -2.35. The largest absolute Gasteiger partial charge is 0.396 e. The van der Waals surface area contributed by atoms with Crippen LogP contribution in [0.2, 0.25) is 0 Å². The maximum atomic E-state index is 9.27. The molecule has 1 aliphatic carbocycles. The van der Waals surface area contributed by atoms with Gasteiger partial charge in [0.25, 0.3) is 0 Å². The van der Waals surface area contributed by atoms with E-state index >= 15 is 0 Å². The molecule has 1 fully saturated rings. The van der Waals surface area contributed by atoms with Crippen molar-refractivity contribution in [2.24, 2.45) is 13.0 Å². The standard InChI is InChI=1S/C12H21N3O/c1-9(11-6-13-15(2)7-11)14-12-5-3-4-10(12)8-16/h6-7,9-10,12,14,16H,3-5,8H2,1-2H3. The Labute approximate surface area is 96.7 Å². The van der Waals surface area contributed by atoms with Crippen molar-refractivity contribution in [2.45, 2.75) is 38.3 Å². The van der Waals surface area contributed by atoms with Gasteiger partial charge in [-0.05, 0) is 25.7 Å². The minimum Gasteiger partial charge on any atom is -0.396 e. The van der Waals surface area contributed by atoms with E-state index in [4.69, 9.17) is 0 Å². The van der Waals surface area contributed by atoms with Crippen LogP contribution in [0, 0.1) is 5.92 Å². The lowest BCUT2D eigenvalue weighted by molar-refractivity contribution is 0.200. The fourth-order valence-corrected chi connectivity index (χ4v) is 2.56. The molecule has 0 bridgehead atoms. The highest BCUT2D eigenvalue weighted by Gasteiger charge is 2.27. The van der Waals surface area contributed by atoms with Gasteiger partial charge >= 0.3 is 0 Å². The van der Waals surface area contributed by atoms with Gasteiger partial charge in [-0.25, -0.2) is 0 Å². The molecular weight excluding hydrogens is 202 g/mol. The molecule has 1 saturated carbocycles. The predicted octanol–water partition coefficient (Wildman–Crippen LogP) is 1.23. The van der Waals surface area contributed by atoms with Crippen molar-refractivity contribution >= 4 is 0 Å². The zero-order chi connectivity index (χ0) is 11.5. The molecule has 0 amide bonds. The van der Waals surface area contributed by atoms with Crippen LogP contribution in [-0.2, 0) is 7.05 Å². The minimum atomic E-state index is 0.303. The van der Waals surface area contributed by atoms with Crippen molar-refractivity contribution in [1.82, 2.24) is 15.1 Å². The third-order valence-corrected chi connectivity index (χ3v) is 3.58. The lowest BCUT2D eigenvalue weighted by Gasteiger charge is -2.23. The van der Waals surface area contributed by atoms with E-state index in [1.165, 1.54) is 18.4 Å². The van der Waals surface area contributed by atoms with E-state index in [2.05, 4.69) is 17.3 Å². The molecule has 3 atom stereocenters. The van der Waals surface area contributed by atoms with Crippen molar-refractivity contribution in [2.75, 3.05) is 6.61 Å². The van der Waals surface area contributed by atoms with Crippen LogP contribution in [0.4, 0.5) is 0 Å². The number of hydrogen-bond acceptors (Lipinski definition) is 3. The SMILES string of the molecule is CC(NC1CCCC1CO)c1cnn(C)c1. The first-order chi connectivity index (χ1) is 7.70. The van der Waals surface area contributed by atoms with Gasteiger partial charge in [0.05, 0.1) is 6.20 Å². The number of aliphatic hydroxyl groups excluding tert-OH is 1. The second-order valence-corrected chi connectivity index (χ2v) is 4.82. The first-order valence-corrected chi connectivity index (χ1v) is 6.06. The molecule has 90 valence electrons. The highest BCUT2D eigenvalue weighted by atomic mass is 16.3. The second kappa shape index (κ2) is 4.97. The smallest absolute Gasteiger partial charge is 0.0537 e. The molecule has 0 radical (unpaired) electrons. The van der Waals surface area contributed by atoms with E-state index in [1.54, 1.807) is 0 Å². The van der Waals surface area contributed by atoms with Crippen LogP contribution in [0.3, 0.4) is 0 Å². The minimum absolute atomic E-state index is 0.303. The highest BCUT2D eigenvalue weighted by Crippen LogP contribution is 2.27. The van der Waals surface area contributed by atoms with Crippen LogP contribution in [0.15, 0.2) is 12.4 Å². The monoisotopic (exact) mass is 223 g/mol. The maximum absolute atomic E-state index is 9.27. The number of aromatic nitrogens is 2. The Hall–Kier alpha value is -0.870. The van der Waals surface area contributed by atoms with Crippen LogP contribution in [0.25, 0.3) is 0 Å². The summed E-state index contributed by atoms with van der Waals surface area (Å²) < 4.78 is 1.83. The second-order valence-electron chi connectivity index (χ2n) is 4.82. The van der Waals surface area contributed by atoms with Gasteiger partial charge in [0.15, 0.2) is 0 Å². The molecule has 16 heavy (non-hydrogen) atoms. The third-order valence-electron chi connectivity index (χ3n) is 3.58. The number of hydrogen-bond donors (Lipinski definition) is 2. The summed E-state index contributed by atoms with van der Waals surface area (Å²) in [4.78, 5) is 0. The predicted molar refractivity (Wildman–Crippen MR) is 63.0 cm³/mol. The molecule has 4 nitrogen and oxygen atoms in total. The van der Waals surface area contributed by atoms with E-state index < -0.39 is 0 Å². The average Bonchev–Trinajstić information content (AvgIpc) is 2.86. The first-order valence-electron chi connectivity index (χ1n) is 6.06. The molecule has 3 unspecified atom stereocenters. The Morgan fingerprint density at radius 1 is 1.62 bits per heavy atom. The molecule has 4 heteroatoms. The van der Waals surface area contributed by atoms with Crippen molar-refractivity contribution in [3.8, 4) is 0 Å². The number of aliphatic hydroxyl groups is 1. The number of nitrogens with one attached hydrogen (secondary N) is 1. The Morgan fingerprint density at radius 3 is 3.06 bits per heavy atom. The van der Waals surface area contributed by atoms with Gasteiger partial charge in [-0.3, -0.25) is 4.68 Å². The molecule has 1 aromatic heterocycles. The van der Waals surface area contributed by atoms with E-state index in [0.29, 0.717) is 24.6 Å². The van der Waals surface area contributed by atoms with E-state index in [9.17, 15) is 5.11 Å². The van der Waals surface area contributed by atoms with Gasteiger partial charge in [-0.2, -0.15) is 5.10 Å². The summed E-state index contributed by atoms with van der Waals surface area (Å²) in [7, 11) is 1.93. The normalized spacial score (nSPS) is 27.2. The van der Waals surface area contributed by atoms with Gasteiger partial charge in [-0.15, -0.1) is 0 Å². The molecule has 1 aliphatic rings. The van der Waals surface area contributed by atoms with Crippen molar-refractivity contribution in [1.29, 1.82) is 0 Å². The van der Waals surface area contributed by atoms with Gasteiger partial charge in [0.1, 0.15) is 0 Å². The van der Waals surface area contributed by atoms with Crippen LogP contribution >= 0.6 is 0 Å². The van der Waals surface area contributed by atoms with Crippen LogP contribution in [0.5, 0.6) is 0 Å². The summed E-state index contributed by atoms with van der Waals surface area (Å²) in [6.07, 6.45) is 7.49. The molecule has 0 spiro atoms. The lowest BCUT2D eigenvalue weighted by atomic mass is 10.0. The highest BCUT2D eigenvalue weighted by molar-refractivity contribution is 5.09. The Balaban J connectivity index is 1.94. The van der Waals surface area contributed by atoms with E-state index in [-0.39, 0.29) is 0 Å². The average molecular weight is 223 g/mol. The van der Waals surface area contributed by atoms with E-state index in [0.717, 1.165) is 6.42 Å². The topological polar surface area (TPSA) is 50.1 Å². The van der Waals surface area contributed by atoms with Crippen molar-refractivity contribution in [3.05, 3.63) is 18.0 Å². The Morgan fingerprint density at radius 2 is 2.44 bits per heavy atom. The molecule has 1 aromatic rings. The van der Waals surface area contributed by atoms with Gasteiger partial charge in [0, 0.05) is 37.5 Å². The van der Waals surface area contributed by atoms with Crippen LogP contribution in [-0.4, -0.2) is 27.5 Å². The summed E-state index contributed by atoms with van der Waals surface area (Å²) in [5.41, 5.74) is 1.21. The quantitative estimate of drug-likeness (QED) is 0.807. The molecule has 0 aromatic carbocycles. The Kier molecular flexibility index (Phi) is 3.61. The zero-order valence-corrected chi connectivity index (χ0v) is 10.1. The summed E-state index contributed by atoms with van der Waals surface area (Å²) in [6.45, 7) is 2.46. The zero-order valence-electron chi connectivity index (χ0n) is 10.1. The van der Waals surface area contributed by atoms with E-state index in [1.807, 2.05) is 24.1 Å². The maximum Gasteiger partial charge on any atom is 0.0537 e. The molecule has 2 rings (SSSR count). The van der Waals surface area contributed by atoms with Gasteiger partial charge in [0.2, 0.25) is 0 Å². The molecule has 2 N–H and O–H groups in total. The van der Waals surface area contributed by atoms with Crippen LogP contribution in [0.1, 0.15) is 37.8 Å². The molecule has 1 heterocycles. The van der Waals surface area contributed by atoms with Gasteiger partial charge in [-0.1, -0.05) is 6.42 Å². The molecule has 0 aliphatic heterocycles. The third kappa shape index (κ3) is 2.44. The summed E-state index contributed by atoms with van der Waals surface area (Å²) in [6, 6.07) is 0.769. The number of nitrogens with zero attached hydrogens (tertiary/aromatic N) is 2. The molecule has 0 saturated heterocycles. The van der Waals surface area contributed by atoms with Crippen LogP contribution < -0.4 is 5.32 Å².